The van der Waals surface area contributed by atoms with Gasteiger partial charge in [0.25, 0.3) is 0 Å². The molecule has 0 aliphatic heterocycles. The number of aryl methyl sites for hydroxylation is 1. The lowest BCUT2D eigenvalue weighted by Gasteiger charge is -2.09. The molecule has 0 bridgehead atoms. The van der Waals surface area contributed by atoms with Crippen molar-refractivity contribution >= 4 is 11.6 Å². The van der Waals surface area contributed by atoms with Crippen molar-refractivity contribution in [3.63, 3.8) is 0 Å². The summed E-state index contributed by atoms with van der Waals surface area (Å²) in [4.78, 5) is 16.0. The first-order valence-electron chi connectivity index (χ1n) is 6.88. The number of nitrogens with zero attached hydrogens (tertiary/aromatic N) is 1. The van der Waals surface area contributed by atoms with E-state index in [1.165, 1.54) is 12.1 Å². The van der Waals surface area contributed by atoms with Gasteiger partial charge in [0.05, 0.1) is 17.9 Å². The second-order valence-electron chi connectivity index (χ2n) is 4.59. The molecule has 110 valence electrons. The van der Waals surface area contributed by atoms with E-state index >= 15 is 0 Å². The van der Waals surface area contributed by atoms with Crippen LogP contribution in [0.3, 0.4) is 0 Å². The zero-order valence-electron chi connectivity index (χ0n) is 11.9. The Labute approximate surface area is 123 Å². The molecule has 0 aliphatic rings. The van der Waals surface area contributed by atoms with Gasteiger partial charge in [-0.05, 0) is 30.2 Å². The van der Waals surface area contributed by atoms with Gasteiger partial charge in [0, 0.05) is 12.7 Å². The van der Waals surface area contributed by atoms with E-state index in [-0.39, 0.29) is 18.1 Å². The summed E-state index contributed by atoms with van der Waals surface area (Å²) in [6.45, 7) is 2.67. The summed E-state index contributed by atoms with van der Waals surface area (Å²) in [5.74, 6) is -0.724. The summed E-state index contributed by atoms with van der Waals surface area (Å²) in [5, 5.41) is 5.55. The molecule has 0 saturated heterocycles. The number of hydrogen-bond donors (Lipinski definition) is 2. The minimum atomic E-state index is -0.441. The SMILES string of the molecule is CCc1cccnc1CNCC(=O)Nc1ccccc1F. The van der Waals surface area contributed by atoms with Crippen LogP contribution in [0.15, 0.2) is 42.6 Å². The predicted molar refractivity (Wildman–Crippen MR) is 80.4 cm³/mol. The third kappa shape index (κ3) is 4.36. The molecule has 1 amide bonds. The van der Waals surface area contributed by atoms with Gasteiger partial charge in [-0.1, -0.05) is 25.1 Å². The molecule has 2 aromatic rings. The zero-order chi connectivity index (χ0) is 15.1. The first-order chi connectivity index (χ1) is 10.2. The number of nitrogens with one attached hydrogen (secondary N) is 2. The zero-order valence-corrected chi connectivity index (χ0v) is 11.9. The van der Waals surface area contributed by atoms with Crippen LogP contribution in [0, 0.1) is 5.82 Å². The normalized spacial score (nSPS) is 10.4. The number of aromatic nitrogens is 1. The number of rotatable bonds is 6. The Morgan fingerprint density at radius 2 is 2.05 bits per heavy atom. The molecular formula is C16H18FN3O. The van der Waals surface area contributed by atoms with Gasteiger partial charge in [-0.3, -0.25) is 9.78 Å². The van der Waals surface area contributed by atoms with Crippen LogP contribution in [0.1, 0.15) is 18.2 Å². The molecule has 0 fully saturated rings. The van der Waals surface area contributed by atoms with Gasteiger partial charge in [0.15, 0.2) is 0 Å². The molecule has 0 spiro atoms. The van der Waals surface area contributed by atoms with Gasteiger partial charge in [0.1, 0.15) is 5.82 Å². The van der Waals surface area contributed by atoms with Crippen LogP contribution >= 0.6 is 0 Å². The number of carbonyl (C=O) groups excluding carboxylic acids is 1. The summed E-state index contributed by atoms with van der Waals surface area (Å²) >= 11 is 0. The average Bonchev–Trinajstić information content (AvgIpc) is 2.50. The van der Waals surface area contributed by atoms with Crippen molar-refractivity contribution in [2.75, 3.05) is 11.9 Å². The van der Waals surface area contributed by atoms with Crippen LogP contribution in [0.4, 0.5) is 10.1 Å². The van der Waals surface area contributed by atoms with Gasteiger partial charge in [-0.25, -0.2) is 4.39 Å². The molecule has 1 aromatic heterocycles. The molecule has 0 aliphatic carbocycles. The van der Waals surface area contributed by atoms with Gasteiger partial charge in [-0.2, -0.15) is 0 Å². The molecule has 2 N–H and O–H groups in total. The van der Waals surface area contributed by atoms with Gasteiger partial charge < -0.3 is 10.6 Å². The van der Waals surface area contributed by atoms with E-state index in [1.807, 2.05) is 12.1 Å². The highest BCUT2D eigenvalue weighted by atomic mass is 19.1. The maximum absolute atomic E-state index is 13.4. The summed E-state index contributed by atoms with van der Waals surface area (Å²) in [5.41, 5.74) is 2.27. The van der Waals surface area contributed by atoms with Crippen LogP contribution in [0.2, 0.25) is 0 Å². The molecule has 0 radical (unpaired) electrons. The van der Waals surface area contributed by atoms with Crippen molar-refractivity contribution in [3.05, 3.63) is 59.7 Å². The van der Waals surface area contributed by atoms with E-state index in [2.05, 4.69) is 22.5 Å². The maximum Gasteiger partial charge on any atom is 0.238 e. The fourth-order valence-corrected chi connectivity index (χ4v) is 2.00. The van der Waals surface area contributed by atoms with Crippen LogP contribution in [-0.2, 0) is 17.8 Å². The fourth-order valence-electron chi connectivity index (χ4n) is 2.00. The monoisotopic (exact) mass is 287 g/mol. The van der Waals surface area contributed by atoms with Crippen molar-refractivity contribution < 1.29 is 9.18 Å². The van der Waals surface area contributed by atoms with Crippen molar-refractivity contribution in [1.29, 1.82) is 0 Å². The number of hydrogen-bond acceptors (Lipinski definition) is 3. The third-order valence-electron chi connectivity index (χ3n) is 3.09. The Morgan fingerprint density at radius 3 is 2.81 bits per heavy atom. The number of para-hydroxylation sites is 1. The van der Waals surface area contributed by atoms with E-state index in [1.54, 1.807) is 18.3 Å². The standard InChI is InChI=1S/C16H18FN3O/c1-2-12-6-5-9-19-15(12)10-18-11-16(21)20-14-8-4-3-7-13(14)17/h3-9,18H,2,10-11H2,1H3,(H,20,21). The molecule has 0 saturated carbocycles. The molecular weight excluding hydrogens is 269 g/mol. The number of pyridine rings is 1. The van der Waals surface area contributed by atoms with Crippen molar-refractivity contribution in [2.45, 2.75) is 19.9 Å². The summed E-state index contributed by atoms with van der Waals surface area (Å²) in [6, 6.07) is 10.0. The second kappa shape index (κ2) is 7.50. The van der Waals surface area contributed by atoms with Crippen LogP contribution in [0.5, 0.6) is 0 Å². The molecule has 1 aromatic carbocycles. The lowest BCUT2D eigenvalue weighted by molar-refractivity contribution is -0.115. The maximum atomic E-state index is 13.4. The molecule has 4 nitrogen and oxygen atoms in total. The first-order valence-corrected chi connectivity index (χ1v) is 6.88. The average molecular weight is 287 g/mol. The number of benzene rings is 1. The molecule has 21 heavy (non-hydrogen) atoms. The topological polar surface area (TPSA) is 54.0 Å². The first kappa shape index (κ1) is 15.1. The van der Waals surface area contributed by atoms with E-state index in [0.717, 1.165) is 17.7 Å². The molecule has 0 atom stereocenters. The molecule has 0 unspecified atom stereocenters. The quantitative estimate of drug-likeness (QED) is 0.858. The van der Waals surface area contributed by atoms with Crippen LogP contribution in [-0.4, -0.2) is 17.4 Å². The van der Waals surface area contributed by atoms with E-state index < -0.39 is 5.82 Å². The largest absolute Gasteiger partial charge is 0.322 e. The Kier molecular flexibility index (Phi) is 5.40. The lowest BCUT2D eigenvalue weighted by atomic mass is 10.1. The second-order valence-corrected chi connectivity index (χ2v) is 4.59. The van der Waals surface area contributed by atoms with Crippen LogP contribution in [0.25, 0.3) is 0 Å². The number of halogens is 1. The molecule has 5 heteroatoms. The molecule has 2 rings (SSSR count). The van der Waals surface area contributed by atoms with Crippen LogP contribution < -0.4 is 10.6 Å². The Morgan fingerprint density at radius 1 is 1.24 bits per heavy atom. The van der Waals surface area contributed by atoms with Crippen molar-refractivity contribution in [1.82, 2.24) is 10.3 Å². The smallest absolute Gasteiger partial charge is 0.238 e. The lowest BCUT2D eigenvalue weighted by Crippen LogP contribution is -2.28. The Bertz CT molecular complexity index is 616. The van der Waals surface area contributed by atoms with Gasteiger partial charge in [-0.15, -0.1) is 0 Å². The number of amides is 1. The van der Waals surface area contributed by atoms with E-state index in [9.17, 15) is 9.18 Å². The third-order valence-corrected chi connectivity index (χ3v) is 3.09. The molecule has 1 heterocycles. The summed E-state index contributed by atoms with van der Waals surface area (Å²) < 4.78 is 13.4. The van der Waals surface area contributed by atoms with Crippen molar-refractivity contribution in [2.24, 2.45) is 0 Å². The van der Waals surface area contributed by atoms with Gasteiger partial charge >= 0.3 is 0 Å². The van der Waals surface area contributed by atoms with E-state index in [0.29, 0.717) is 6.54 Å². The summed E-state index contributed by atoms with van der Waals surface area (Å²) in [6.07, 6.45) is 2.63. The fraction of sp³-hybridized carbons (Fsp3) is 0.250. The Balaban J connectivity index is 1.83. The van der Waals surface area contributed by atoms with Crippen molar-refractivity contribution in [3.8, 4) is 0 Å². The summed E-state index contributed by atoms with van der Waals surface area (Å²) in [7, 11) is 0. The minimum Gasteiger partial charge on any atom is -0.322 e. The van der Waals surface area contributed by atoms with Gasteiger partial charge in [0.2, 0.25) is 5.91 Å². The minimum absolute atomic E-state index is 0.105. The number of anilines is 1. The number of carbonyl (C=O) groups is 1. The predicted octanol–water partition coefficient (Wildman–Crippen LogP) is 2.51. The van der Waals surface area contributed by atoms with E-state index in [4.69, 9.17) is 0 Å². The highest BCUT2D eigenvalue weighted by molar-refractivity contribution is 5.92. The highest BCUT2D eigenvalue weighted by Crippen LogP contribution is 2.11. The Hall–Kier alpha value is -2.27. The highest BCUT2D eigenvalue weighted by Gasteiger charge is 2.07.